The second-order valence-corrected chi connectivity index (χ2v) is 2.64. The maximum Gasteiger partial charge on any atom is 0.354 e. The third-order valence-electron chi connectivity index (χ3n) is 1.74. The highest BCUT2D eigenvalue weighted by Gasteiger charge is 2.11. The first-order chi connectivity index (χ1) is 6.72. The number of rotatable bonds is 3. The van der Waals surface area contributed by atoms with Gasteiger partial charge in [-0.3, -0.25) is 0 Å². The summed E-state index contributed by atoms with van der Waals surface area (Å²) in [6.45, 7) is 5.29. The minimum atomic E-state index is -0.411. The summed E-state index contributed by atoms with van der Waals surface area (Å²) in [7, 11) is 1.33. The van der Waals surface area contributed by atoms with Gasteiger partial charge in [0.25, 0.3) is 0 Å². The van der Waals surface area contributed by atoms with Gasteiger partial charge < -0.3 is 9.72 Å². The van der Waals surface area contributed by atoms with Crippen LogP contribution in [0.4, 0.5) is 5.82 Å². The topological polar surface area (TPSA) is 54.5 Å². The number of allylic oxidation sites excluding steroid dienone is 1. The fourth-order valence-corrected chi connectivity index (χ4v) is 1.12. The van der Waals surface area contributed by atoms with Crippen molar-refractivity contribution in [2.75, 3.05) is 7.11 Å². The molecule has 0 spiro atoms. The van der Waals surface area contributed by atoms with E-state index in [4.69, 9.17) is 0 Å². The molecule has 0 unspecified atom stereocenters. The van der Waals surface area contributed by atoms with Gasteiger partial charge in [-0.1, -0.05) is 12.2 Å². The molecule has 74 valence electrons. The van der Waals surface area contributed by atoms with Gasteiger partial charge in [-0.15, -0.1) is 0 Å². The van der Waals surface area contributed by atoms with E-state index in [1.54, 1.807) is 6.07 Å². The maximum atomic E-state index is 11.2. The van der Waals surface area contributed by atoms with Crippen molar-refractivity contribution in [1.82, 2.24) is 4.98 Å². The number of nitrogens with zero attached hydrogens (tertiary/aromatic N) is 1. The smallest absolute Gasteiger partial charge is 0.354 e. The van der Waals surface area contributed by atoms with E-state index >= 15 is 0 Å². The van der Waals surface area contributed by atoms with E-state index in [1.807, 2.05) is 19.1 Å². The lowest BCUT2D eigenvalue weighted by molar-refractivity contribution is 0.0595. The Labute approximate surface area is 82.3 Å². The zero-order chi connectivity index (χ0) is 10.6. The average Bonchev–Trinajstić information content (AvgIpc) is 2.60. The van der Waals surface area contributed by atoms with Gasteiger partial charge in [0.2, 0.25) is 0 Å². The zero-order valence-electron chi connectivity index (χ0n) is 8.20. The Morgan fingerprint density at radius 3 is 2.93 bits per heavy atom. The van der Waals surface area contributed by atoms with Crippen molar-refractivity contribution >= 4 is 24.6 Å². The molecular formula is C10H12N2O2. The Bertz CT molecular complexity index is 377. The van der Waals surface area contributed by atoms with Crippen molar-refractivity contribution < 1.29 is 9.53 Å². The lowest BCUT2D eigenvalue weighted by Crippen LogP contribution is -2.00. The molecule has 0 amide bonds. The SMILES string of the molecule is C=Nc1[nH]c(C(=O)OC)cc1/C=C\C. The molecule has 0 aromatic carbocycles. The Balaban J connectivity index is 3.12. The number of nitrogens with one attached hydrogen (secondary N) is 1. The molecule has 0 aliphatic rings. The summed E-state index contributed by atoms with van der Waals surface area (Å²) in [4.78, 5) is 17.7. The molecular weight excluding hydrogens is 180 g/mol. The third kappa shape index (κ3) is 1.90. The monoisotopic (exact) mass is 192 g/mol. The average molecular weight is 192 g/mol. The lowest BCUT2D eigenvalue weighted by Gasteiger charge is -1.92. The molecule has 4 nitrogen and oxygen atoms in total. The Hall–Kier alpha value is -1.84. The van der Waals surface area contributed by atoms with Gasteiger partial charge in [-0.2, -0.15) is 0 Å². The van der Waals surface area contributed by atoms with Crippen LogP contribution < -0.4 is 0 Å². The van der Waals surface area contributed by atoms with Crippen molar-refractivity contribution in [3.05, 3.63) is 23.4 Å². The molecule has 1 aromatic rings. The van der Waals surface area contributed by atoms with Crippen molar-refractivity contribution in [1.29, 1.82) is 0 Å². The maximum absolute atomic E-state index is 11.2. The summed E-state index contributed by atoms with van der Waals surface area (Å²) >= 11 is 0. The first kappa shape index (κ1) is 10.2. The predicted molar refractivity (Wildman–Crippen MR) is 56.0 cm³/mol. The van der Waals surface area contributed by atoms with Gasteiger partial charge in [-0.25, -0.2) is 9.79 Å². The van der Waals surface area contributed by atoms with Gasteiger partial charge >= 0.3 is 5.97 Å². The summed E-state index contributed by atoms with van der Waals surface area (Å²) in [6, 6.07) is 1.68. The van der Waals surface area contributed by atoms with E-state index in [0.29, 0.717) is 11.5 Å². The highest BCUT2D eigenvalue weighted by atomic mass is 16.5. The highest BCUT2D eigenvalue weighted by Crippen LogP contribution is 2.20. The van der Waals surface area contributed by atoms with E-state index in [2.05, 4.69) is 21.4 Å². The molecule has 0 radical (unpaired) electrons. The van der Waals surface area contributed by atoms with Crippen LogP contribution in [0.15, 0.2) is 17.1 Å². The minimum Gasteiger partial charge on any atom is -0.464 e. The number of H-pyrrole nitrogens is 1. The molecule has 1 aromatic heterocycles. The summed E-state index contributed by atoms with van der Waals surface area (Å²) in [5, 5.41) is 0. The minimum absolute atomic E-state index is 0.378. The number of ether oxygens (including phenoxy) is 1. The summed E-state index contributed by atoms with van der Waals surface area (Å²) in [6.07, 6.45) is 3.70. The molecule has 0 bridgehead atoms. The van der Waals surface area contributed by atoms with Gasteiger partial charge in [0.1, 0.15) is 11.5 Å². The quantitative estimate of drug-likeness (QED) is 0.589. The van der Waals surface area contributed by atoms with Gasteiger partial charge in [0.05, 0.1) is 7.11 Å². The zero-order valence-corrected chi connectivity index (χ0v) is 8.20. The molecule has 0 saturated carbocycles. The molecule has 4 heteroatoms. The van der Waals surface area contributed by atoms with Gasteiger partial charge in [-0.05, 0) is 19.7 Å². The van der Waals surface area contributed by atoms with Crippen LogP contribution in [0.3, 0.4) is 0 Å². The van der Waals surface area contributed by atoms with E-state index < -0.39 is 5.97 Å². The van der Waals surface area contributed by atoms with Crippen LogP contribution in [-0.4, -0.2) is 24.8 Å². The van der Waals surface area contributed by atoms with E-state index in [0.717, 1.165) is 5.56 Å². The number of methoxy groups -OCH3 is 1. The van der Waals surface area contributed by atoms with Crippen molar-refractivity contribution in [3.8, 4) is 0 Å². The number of aromatic amines is 1. The van der Waals surface area contributed by atoms with Crippen LogP contribution in [0.1, 0.15) is 23.0 Å². The van der Waals surface area contributed by atoms with Crippen LogP contribution in [-0.2, 0) is 4.74 Å². The molecule has 14 heavy (non-hydrogen) atoms. The molecule has 0 aliphatic heterocycles. The second kappa shape index (κ2) is 4.41. The Morgan fingerprint density at radius 1 is 1.71 bits per heavy atom. The number of hydrogen-bond donors (Lipinski definition) is 1. The van der Waals surface area contributed by atoms with Crippen LogP contribution in [0, 0.1) is 0 Å². The van der Waals surface area contributed by atoms with Crippen LogP contribution in [0.25, 0.3) is 6.08 Å². The fraction of sp³-hybridized carbons (Fsp3) is 0.200. The largest absolute Gasteiger partial charge is 0.464 e. The summed E-state index contributed by atoms with van der Waals surface area (Å²) in [5.41, 5.74) is 1.20. The fourth-order valence-electron chi connectivity index (χ4n) is 1.12. The molecule has 1 heterocycles. The van der Waals surface area contributed by atoms with E-state index in [1.165, 1.54) is 7.11 Å². The number of esters is 1. The van der Waals surface area contributed by atoms with Crippen LogP contribution in [0.2, 0.25) is 0 Å². The number of hydrogen-bond acceptors (Lipinski definition) is 3. The Kier molecular flexibility index (Phi) is 3.23. The number of aliphatic imine (C=N–C) groups is 1. The number of aromatic nitrogens is 1. The first-order valence-corrected chi connectivity index (χ1v) is 4.13. The highest BCUT2D eigenvalue weighted by molar-refractivity contribution is 5.89. The van der Waals surface area contributed by atoms with Crippen LogP contribution >= 0.6 is 0 Å². The normalized spacial score (nSPS) is 10.4. The Morgan fingerprint density at radius 2 is 2.43 bits per heavy atom. The standard InChI is InChI=1S/C10H12N2O2/c1-4-5-7-6-8(10(13)14-3)12-9(7)11-2/h4-6,12H,2H2,1,3H3/b5-4-. The van der Waals surface area contributed by atoms with Crippen molar-refractivity contribution in [2.24, 2.45) is 4.99 Å². The molecule has 1 rings (SSSR count). The van der Waals surface area contributed by atoms with Gasteiger partial charge in [0, 0.05) is 5.56 Å². The van der Waals surface area contributed by atoms with Crippen molar-refractivity contribution in [3.63, 3.8) is 0 Å². The third-order valence-corrected chi connectivity index (χ3v) is 1.74. The molecule has 0 atom stereocenters. The number of carbonyl (C=O) groups is 1. The molecule has 0 fully saturated rings. The summed E-state index contributed by atoms with van der Waals surface area (Å²) < 4.78 is 4.57. The number of carbonyl (C=O) groups excluding carboxylic acids is 1. The lowest BCUT2D eigenvalue weighted by atomic mass is 10.2. The second-order valence-electron chi connectivity index (χ2n) is 2.64. The van der Waals surface area contributed by atoms with E-state index in [9.17, 15) is 4.79 Å². The first-order valence-electron chi connectivity index (χ1n) is 4.13. The van der Waals surface area contributed by atoms with Crippen molar-refractivity contribution in [2.45, 2.75) is 6.92 Å². The summed E-state index contributed by atoms with van der Waals surface area (Å²) in [5.74, 6) is 0.161. The van der Waals surface area contributed by atoms with Crippen LogP contribution in [0.5, 0.6) is 0 Å². The predicted octanol–water partition coefficient (Wildman–Crippen LogP) is 2.17. The van der Waals surface area contributed by atoms with Gasteiger partial charge in [0.15, 0.2) is 0 Å². The van der Waals surface area contributed by atoms with E-state index in [-0.39, 0.29) is 0 Å². The molecule has 0 aliphatic carbocycles. The molecule has 0 saturated heterocycles. The molecule has 1 N–H and O–H groups in total.